The largest absolute Gasteiger partial charge is 0.449 e. The van der Waals surface area contributed by atoms with Crippen LogP contribution in [-0.4, -0.2) is 40.3 Å². The smallest absolute Gasteiger partial charge is 0.256 e. The van der Waals surface area contributed by atoms with Crippen LogP contribution in [0.1, 0.15) is 20.3 Å². The summed E-state index contributed by atoms with van der Waals surface area (Å²) in [5.74, 6) is -1.51. The molecule has 0 aromatic carbocycles. The van der Waals surface area contributed by atoms with Crippen molar-refractivity contribution < 1.29 is 18.9 Å². The summed E-state index contributed by atoms with van der Waals surface area (Å²) in [6, 6.07) is -0.660. The van der Waals surface area contributed by atoms with Crippen molar-refractivity contribution >= 4 is 29.6 Å². The van der Waals surface area contributed by atoms with Gasteiger partial charge in [0.05, 0.1) is 13.6 Å². The third-order valence-corrected chi connectivity index (χ3v) is 3.07. The summed E-state index contributed by atoms with van der Waals surface area (Å²) in [5, 5.41) is 0. The van der Waals surface area contributed by atoms with Crippen molar-refractivity contribution in [1.82, 2.24) is 4.42 Å². The molecule has 1 rings (SSSR count). The molecule has 6 heteroatoms. The minimum Gasteiger partial charge on any atom is -0.256 e. The van der Waals surface area contributed by atoms with Crippen molar-refractivity contribution in [2.75, 3.05) is 13.6 Å². The molecule has 0 aromatic rings. The lowest BCUT2D eigenvalue weighted by molar-refractivity contribution is -0.749. The summed E-state index contributed by atoms with van der Waals surface area (Å²) in [6.45, 7) is 4.19. The molecular formula is C9H14ClN2O3+. The van der Waals surface area contributed by atoms with Gasteiger partial charge in [0.1, 0.15) is 0 Å². The molecule has 1 aliphatic heterocycles. The van der Waals surface area contributed by atoms with Crippen LogP contribution < -0.4 is 0 Å². The Bertz CT molecular complexity index is 331. The van der Waals surface area contributed by atoms with E-state index in [0.29, 0.717) is 11.0 Å². The van der Waals surface area contributed by atoms with Crippen LogP contribution in [0.15, 0.2) is 0 Å². The van der Waals surface area contributed by atoms with Crippen molar-refractivity contribution in [2.24, 2.45) is 5.92 Å². The lowest BCUT2D eigenvalue weighted by Crippen LogP contribution is -2.52. The number of hydrogen-bond donors (Lipinski definition) is 0. The number of hydrogen-bond acceptors (Lipinski definition) is 3. The van der Waals surface area contributed by atoms with Crippen LogP contribution in [0.3, 0.4) is 0 Å². The topological polar surface area (TPSA) is 54.5 Å². The van der Waals surface area contributed by atoms with Crippen molar-refractivity contribution in [2.45, 2.75) is 20.3 Å². The molecule has 0 aliphatic carbocycles. The SMILES string of the molecule is CCC(C)C[N+]1(C)C(=O)C(=O)N(Cl)C1=O. The first-order valence-corrected chi connectivity index (χ1v) is 5.13. The first-order valence-electron chi connectivity index (χ1n) is 4.79. The molecule has 1 aliphatic rings. The fourth-order valence-corrected chi connectivity index (χ4v) is 1.82. The van der Waals surface area contributed by atoms with E-state index in [1.807, 2.05) is 13.8 Å². The van der Waals surface area contributed by atoms with Crippen LogP contribution in [0, 0.1) is 5.92 Å². The molecule has 0 aromatic heterocycles. The highest BCUT2D eigenvalue weighted by Crippen LogP contribution is 2.24. The molecular weight excluding hydrogens is 220 g/mol. The van der Waals surface area contributed by atoms with E-state index in [2.05, 4.69) is 0 Å². The summed E-state index contributed by atoms with van der Waals surface area (Å²) in [6.07, 6.45) is 0.838. The van der Waals surface area contributed by atoms with E-state index in [1.165, 1.54) is 7.05 Å². The molecule has 0 saturated carbocycles. The van der Waals surface area contributed by atoms with E-state index < -0.39 is 22.3 Å². The number of urea groups is 1. The lowest BCUT2D eigenvalue weighted by atomic mass is 10.1. The normalized spacial score (nSPS) is 28.8. The van der Waals surface area contributed by atoms with E-state index >= 15 is 0 Å². The maximum atomic E-state index is 11.6. The number of amides is 4. The quantitative estimate of drug-likeness (QED) is 0.318. The fourth-order valence-electron chi connectivity index (χ4n) is 1.58. The molecule has 2 atom stereocenters. The predicted molar refractivity (Wildman–Crippen MR) is 53.6 cm³/mol. The maximum absolute atomic E-state index is 11.6. The van der Waals surface area contributed by atoms with E-state index in [1.54, 1.807) is 0 Å². The molecule has 4 amide bonds. The van der Waals surface area contributed by atoms with E-state index in [9.17, 15) is 14.4 Å². The Kier molecular flexibility index (Phi) is 3.16. The molecule has 0 spiro atoms. The molecule has 84 valence electrons. The van der Waals surface area contributed by atoms with Crippen LogP contribution in [0.4, 0.5) is 4.79 Å². The second-order valence-electron chi connectivity index (χ2n) is 4.06. The Balaban J connectivity index is 2.98. The second kappa shape index (κ2) is 3.90. The lowest BCUT2D eigenvalue weighted by Gasteiger charge is -2.23. The zero-order valence-corrected chi connectivity index (χ0v) is 9.74. The Morgan fingerprint density at radius 2 is 1.93 bits per heavy atom. The summed E-state index contributed by atoms with van der Waals surface area (Å²) in [5.41, 5.74) is 0. The van der Waals surface area contributed by atoms with Gasteiger partial charge in [-0.25, -0.2) is 9.59 Å². The summed E-state index contributed by atoms with van der Waals surface area (Å²) in [4.78, 5) is 34.4. The van der Waals surface area contributed by atoms with Crippen LogP contribution in [0.25, 0.3) is 0 Å². The Labute approximate surface area is 93.3 Å². The van der Waals surface area contributed by atoms with E-state index in [0.717, 1.165) is 6.42 Å². The van der Waals surface area contributed by atoms with Gasteiger partial charge in [0.25, 0.3) is 0 Å². The third kappa shape index (κ3) is 1.77. The maximum Gasteiger partial charge on any atom is 0.449 e. The zero-order valence-electron chi connectivity index (χ0n) is 8.99. The fraction of sp³-hybridized carbons (Fsp3) is 0.667. The van der Waals surface area contributed by atoms with Gasteiger partial charge < -0.3 is 0 Å². The van der Waals surface area contributed by atoms with Crippen LogP contribution in [0.2, 0.25) is 0 Å². The van der Waals surface area contributed by atoms with Gasteiger partial charge in [-0.05, 0) is 6.42 Å². The second-order valence-corrected chi connectivity index (χ2v) is 4.40. The van der Waals surface area contributed by atoms with Gasteiger partial charge in [0.2, 0.25) is 0 Å². The predicted octanol–water partition coefficient (Wildman–Crippen LogP) is 1.12. The van der Waals surface area contributed by atoms with Gasteiger partial charge in [0, 0.05) is 17.7 Å². The van der Waals surface area contributed by atoms with Crippen LogP contribution in [-0.2, 0) is 9.59 Å². The summed E-state index contributed by atoms with van der Waals surface area (Å²) < 4.78 is -0.165. The Morgan fingerprint density at radius 3 is 2.27 bits per heavy atom. The minimum atomic E-state index is -0.938. The standard InChI is InChI=1S/C9H14ClN2O3/c1-4-6(2)5-12(3)8(14)7(13)11(10)9(12)15/h6H,4-5H2,1-3H3/q+1. The molecule has 15 heavy (non-hydrogen) atoms. The zero-order chi connectivity index (χ0) is 11.8. The molecule has 5 nitrogen and oxygen atoms in total. The number of rotatable bonds is 3. The molecule has 0 bridgehead atoms. The number of carbonyl (C=O) groups is 3. The average Bonchev–Trinajstić information content (AvgIpc) is 2.35. The number of carbonyl (C=O) groups excluding carboxylic acids is 3. The highest BCUT2D eigenvalue weighted by Gasteiger charge is 2.58. The van der Waals surface area contributed by atoms with Crippen LogP contribution >= 0.6 is 11.8 Å². The average molecular weight is 234 g/mol. The summed E-state index contributed by atoms with van der Waals surface area (Å²) in [7, 11) is 1.43. The highest BCUT2D eigenvalue weighted by atomic mass is 35.5. The molecule has 2 unspecified atom stereocenters. The summed E-state index contributed by atoms with van der Waals surface area (Å²) >= 11 is 5.42. The number of quaternary nitrogens is 1. The van der Waals surface area contributed by atoms with Gasteiger partial charge in [-0.1, -0.05) is 13.8 Å². The Hall–Kier alpha value is -0.940. The molecule has 0 radical (unpaired) electrons. The monoisotopic (exact) mass is 233 g/mol. The first-order chi connectivity index (χ1) is 6.84. The number of nitrogens with zero attached hydrogens (tertiary/aromatic N) is 2. The third-order valence-electron chi connectivity index (χ3n) is 2.77. The Morgan fingerprint density at radius 1 is 1.40 bits per heavy atom. The number of imide groups is 2. The molecule has 1 saturated heterocycles. The van der Waals surface area contributed by atoms with Gasteiger partial charge in [0.15, 0.2) is 0 Å². The van der Waals surface area contributed by atoms with Crippen LogP contribution in [0.5, 0.6) is 0 Å². The van der Waals surface area contributed by atoms with Gasteiger partial charge >= 0.3 is 17.8 Å². The number of likely N-dealkylation sites (N-methyl/N-ethyl adjacent to an activating group) is 1. The number of halogens is 1. The van der Waals surface area contributed by atoms with Crippen molar-refractivity contribution in [1.29, 1.82) is 0 Å². The van der Waals surface area contributed by atoms with E-state index in [4.69, 9.17) is 11.8 Å². The highest BCUT2D eigenvalue weighted by molar-refractivity contribution is 6.49. The van der Waals surface area contributed by atoms with Gasteiger partial charge in [-0.2, -0.15) is 4.48 Å². The minimum absolute atomic E-state index is 0.180. The molecule has 0 N–H and O–H groups in total. The van der Waals surface area contributed by atoms with Gasteiger partial charge in [-0.15, -0.1) is 4.42 Å². The van der Waals surface area contributed by atoms with Crippen molar-refractivity contribution in [3.8, 4) is 0 Å². The van der Waals surface area contributed by atoms with Crippen molar-refractivity contribution in [3.63, 3.8) is 0 Å². The molecule has 1 fully saturated rings. The first kappa shape index (κ1) is 12.1. The van der Waals surface area contributed by atoms with Crippen molar-refractivity contribution in [3.05, 3.63) is 0 Å². The van der Waals surface area contributed by atoms with Gasteiger partial charge in [-0.3, -0.25) is 4.79 Å². The molecule has 1 heterocycles. The van der Waals surface area contributed by atoms with E-state index in [-0.39, 0.29) is 5.92 Å².